The molecule has 0 saturated heterocycles. The molecule has 1 atom stereocenters. The highest BCUT2D eigenvalue weighted by atomic mass is 32.1. The maximum absolute atomic E-state index is 13.4. The van der Waals surface area contributed by atoms with Gasteiger partial charge in [-0.3, -0.25) is 0 Å². The van der Waals surface area contributed by atoms with Crippen molar-refractivity contribution in [2.45, 2.75) is 38.2 Å². The van der Waals surface area contributed by atoms with Crippen molar-refractivity contribution in [3.8, 4) is 5.95 Å². The van der Waals surface area contributed by atoms with Crippen LogP contribution in [0.2, 0.25) is 0 Å². The third-order valence-electron chi connectivity index (χ3n) is 5.40. The molecule has 180 valence electrons. The first-order chi connectivity index (χ1) is 15.9. The molecule has 0 N–H and O–H groups in total. The average Bonchev–Trinajstić information content (AvgIpc) is 3.48. The summed E-state index contributed by atoms with van der Waals surface area (Å²) in [6.07, 6.45) is -3.88. The number of thiocarbonyl (C=S) groups is 1. The maximum atomic E-state index is 13.4. The Kier molecular flexibility index (Phi) is 6.32. The molecule has 0 aliphatic heterocycles. The number of benzene rings is 1. The van der Waals surface area contributed by atoms with E-state index >= 15 is 0 Å². The molecule has 0 amide bonds. The van der Waals surface area contributed by atoms with E-state index in [0.717, 1.165) is 12.8 Å². The Balaban J connectivity index is 1.75. The molecule has 1 saturated carbocycles. The first-order valence-corrected chi connectivity index (χ1v) is 10.6. The molecule has 0 spiro atoms. The molecule has 0 bridgehead atoms. The highest BCUT2D eigenvalue weighted by Gasteiger charge is 2.38. The third kappa shape index (κ3) is 5.18. The zero-order valence-corrected chi connectivity index (χ0v) is 18.5. The smallest absolute Gasteiger partial charge is 0.352 e. The SMILES string of the molecule is CC(c1ncnn1-c1ncccn1)N(CC1CC1)C(=S)c1cc(C(F)(F)F)cc(C(F)(F)F)c1. The van der Waals surface area contributed by atoms with E-state index in [1.54, 1.807) is 17.9 Å². The van der Waals surface area contributed by atoms with Gasteiger partial charge in [-0.2, -0.15) is 36.1 Å². The summed E-state index contributed by atoms with van der Waals surface area (Å²) >= 11 is 5.47. The van der Waals surface area contributed by atoms with Gasteiger partial charge in [0, 0.05) is 24.5 Å². The number of rotatable bonds is 6. The van der Waals surface area contributed by atoms with Crippen molar-refractivity contribution >= 4 is 17.2 Å². The van der Waals surface area contributed by atoms with E-state index in [-0.39, 0.29) is 28.5 Å². The fourth-order valence-corrected chi connectivity index (χ4v) is 3.82. The van der Waals surface area contributed by atoms with Gasteiger partial charge < -0.3 is 4.90 Å². The van der Waals surface area contributed by atoms with Crippen molar-refractivity contribution in [1.82, 2.24) is 29.6 Å². The molecule has 3 aromatic rings. The van der Waals surface area contributed by atoms with E-state index in [0.29, 0.717) is 24.5 Å². The first kappa shape index (κ1) is 24.0. The van der Waals surface area contributed by atoms with Crippen molar-refractivity contribution in [3.63, 3.8) is 0 Å². The maximum Gasteiger partial charge on any atom is 0.416 e. The van der Waals surface area contributed by atoms with Crippen molar-refractivity contribution < 1.29 is 26.3 Å². The van der Waals surface area contributed by atoms with Crippen LogP contribution in [0.1, 0.15) is 48.3 Å². The minimum atomic E-state index is -4.97. The Hall–Kier alpha value is -3.09. The van der Waals surface area contributed by atoms with E-state index in [9.17, 15) is 26.3 Å². The van der Waals surface area contributed by atoms with E-state index < -0.39 is 29.5 Å². The van der Waals surface area contributed by atoms with Gasteiger partial charge in [0.1, 0.15) is 11.3 Å². The van der Waals surface area contributed by atoms with Gasteiger partial charge in [0.25, 0.3) is 5.95 Å². The van der Waals surface area contributed by atoms with Crippen LogP contribution < -0.4 is 0 Å². The quantitative estimate of drug-likeness (QED) is 0.341. The summed E-state index contributed by atoms with van der Waals surface area (Å²) in [5.74, 6) is 0.785. The predicted molar refractivity (Wildman–Crippen MR) is 113 cm³/mol. The van der Waals surface area contributed by atoms with Gasteiger partial charge in [-0.1, -0.05) is 12.2 Å². The molecular weight excluding hydrogens is 482 g/mol. The highest BCUT2D eigenvalue weighted by molar-refractivity contribution is 7.80. The first-order valence-electron chi connectivity index (χ1n) is 10.2. The van der Waals surface area contributed by atoms with Crippen LogP contribution in [0.25, 0.3) is 5.95 Å². The molecule has 13 heteroatoms. The third-order valence-corrected chi connectivity index (χ3v) is 5.87. The van der Waals surface area contributed by atoms with Gasteiger partial charge in [0.15, 0.2) is 5.82 Å². The monoisotopic (exact) mass is 500 g/mol. The van der Waals surface area contributed by atoms with E-state index in [4.69, 9.17) is 12.2 Å². The van der Waals surface area contributed by atoms with Crippen molar-refractivity contribution in [3.05, 3.63) is 65.5 Å². The van der Waals surface area contributed by atoms with E-state index in [1.165, 1.54) is 23.4 Å². The van der Waals surface area contributed by atoms with Gasteiger partial charge in [-0.05, 0) is 49.9 Å². The Morgan fingerprint density at radius 2 is 1.62 bits per heavy atom. The number of halogens is 6. The normalized spacial score (nSPS) is 15.3. The summed E-state index contributed by atoms with van der Waals surface area (Å²) < 4.78 is 81.7. The molecule has 1 unspecified atom stereocenters. The Labute approximate surface area is 195 Å². The summed E-state index contributed by atoms with van der Waals surface area (Å²) in [4.78, 5) is 13.9. The predicted octanol–water partition coefficient (Wildman–Crippen LogP) is 5.24. The molecule has 34 heavy (non-hydrogen) atoms. The molecule has 2 heterocycles. The van der Waals surface area contributed by atoms with Crippen LogP contribution in [0.15, 0.2) is 43.0 Å². The lowest BCUT2D eigenvalue weighted by atomic mass is 10.0. The van der Waals surface area contributed by atoms with Crippen LogP contribution in [-0.2, 0) is 12.4 Å². The lowest BCUT2D eigenvalue weighted by Gasteiger charge is -2.31. The fraction of sp³-hybridized carbons (Fsp3) is 0.381. The lowest BCUT2D eigenvalue weighted by Crippen LogP contribution is -2.36. The van der Waals surface area contributed by atoms with Crippen molar-refractivity contribution in [2.24, 2.45) is 5.92 Å². The summed E-state index contributed by atoms with van der Waals surface area (Å²) in [6.45, 7) is 2.05. The van der Waals surface area contributed by atoms with Crippen LogP contribution >= 0.6 is 12.2 Å². The van der Waals surface area contributed by atoms with Crippen molar-refractivity contribution in [2.75, 3.05) is 6.54 Å². The van der Waals surface area contributed by atoms with Gasteiger partial charge in [0.05, 0.1) is 17.2 Å². The Morgan fingerprint density at radius 3 is 2.15 bits per heavy atom. The van der Waals surface area contributed by atoms with Crippen LogP contribution in [-0.4, -0.2) is 41.2 Å². The van der Waals surface area contributed by atoms with Crippen LogP contribution in [0.5, 0.6) is 0 Å². The van der Waals surface area contributed by atoms with Gasteiger partial charge >= 0.3 is 12.4 Å². The van der Waals surface area contributed by atoms with Gasteiger partial charge in [0.2, 0.25) is 0 Å². The molecule has 1 aromatic carbocycles. The number of nitrogens with zero attached hydrogens (tertiary/aromatic N) is 6. The average molecular weight is 500 g/mol. The topological polar surface area (TPSA) is 59.7 Å². The molecular formula is C21H18F6N6S. The minimum Gasteiger partial charge on any atom is -0.352 e. The largest absolute Gasteiger partial charge is 0.416 e. The standard InChI is InChI=1S/C21H18F6N6S/c1-12(17-30-11-31-33(17)19-28-5-2-6-29-19)32(10-13-3-4-13)18(34)14-7-15(20(22,23)24)9-16(8-14)21(25,26)27/h2,5-9,11-13H,3-4,10H2,1H3. The van der Waals surface area contributed by atoms with Crippen LogP contribution in [0, 0.1) is 5.92 Å². The molecule has 4 rings (SSSR count). The summed E-state index contributed by atoms with van der Waals surface area (Å²) in [6, 6.07) is 2.36. The molecule has 1 fully saturated rings. The van der Waals surface area contributed by atoms with Gasteiger partial charge in [-0.25, -0.2) is 15.0 Å². The molecule has 0 radical (unpaired) electrons. The Morgan fingerprint density at radius 1 is 1.03 bits per heavy atom. The summed E-state index contributed by atoms with van der Waals surface area (Å²) in [5.41, 5.74) is -3.18. The minimum absolute atomic E-state index is 0.0874. The highest BCUT2D eigenvalue weighted by Crippen LogP contribution is 2.38. The zero-order chi connectivity index (χ0) is 24.7. The van der Waals surface area contributed by atoms with Gasteiger partial charge in [-0.15, -0.1) is 0 Å². The Bertz CT molecular complexity index is 1140. The number of hydrogen-bond acceptors (Lipinski definition) is 5. The van der Waals surface area contributed by atoms with Crippen LogP contribution in [0.4, 0.5) is 26.3 Å². The second kappa shape index (κ2) is 8.93. The number of aromatic nitrogens is 5. The zero-order valence-electron chi connectivity index (χ0n) is 17.7. The van der Waals surface area contributed by atoms with Crippen molar-refractivity contribution in [1.29, 1.82) is 0 Å². The fourth-order valence-electron chi connectivity index (χ4n) is 3.47. The molecule has 6 nitrogen and oxygen atoms in total. The number of hydrogen-bond donors (Lipinski definition) is 0. The second-order valence-electron chi connectivity index (χ2n) is 7.95. The number of alkyl halides is 6. The lowest BCUT2D eigenvalue weighted by molar-refractivity contribution is -0.143. The summed E-state index contributed by atoms with van der Waals surface area (Å²) in [7, 11) is 0. The molecule has 1 aliphatic carbocycles. The molecule has 2 aromatic heterocycles. The molecule has 1 aliphatic rings. The second-order valence-corrected chi connectivity index (χ2v) is 8.34. The van der Waals surface area contributed by atoms with E-state index in [2.05, 4.69) is 20.1 Å². The summed E-state index contributed by atoms with van der Waals surface area (Å²) in [5, 5.41) is 4.12. The van der Waals surface area contributed by atoms with Crippen LogP contribution in [0.3, 0.4) is 0 Å². The van der Waals surface area contributed by atoms with E-state index in [1.807, 2.05) is 0 Å².